The van der Waals surface area contributed by atoms with E-state index in [1.54, 1.807) is 48.6 Å². The van der Waals surface area contributed by atoms with Gasteiger partial charge in [0.1, 0.15) is 0 Å². The van der Waals surface area contributed by atoms with E-state index in [9.17, 15) is 10.1 Å². The molecule has 0 fully saturated rings. The Balaban J connectivity index is 2.17. The predicted octanol–water partition coefficient (Wildman–Crippen LogP) is 3.39. The van der Waals surface area contributed by atoms with Gasteiger partial charge in [0.25, 0.3) is 0 Å². The molecule has 1 aliphatic rings. The van der Waals surface area contributed by atoms with Gasteiger partial charge in [-0.15, -0.1) is 0 Å². The molecule has 0 spiro atoms. The van der Waals surface area contributed by atoms with Crippen molar-refractivity contribution in [1.82, 2.24) is 0 Å². The number of nitrogens with zero attached hydrogens (tertiary/aromatic N) is 2. The molecular weight excluding hydrogens is 266 g/mol. The summed E-state index contributed by atoms with van der Waals surface area (Å²) in [7, 11) is 0. The maximum absolute atomic E-state index is 10.5. The zero-order valence-corrected chi connectivity index (χ0v) is 10.5. The van der Waals surface area contributed by atoms with Crippen molar-refractivity contribution in [2.45, 2.75) is 0 Å². The monoisotopic (exact) mass is 275 g/mol. The topological polar surface area (TPSA) is 67.5 Å². The Labute approximate surface area is 114 Å². The molecule has 0 amide bonds. The molecule has 0 aliphatic heterocycles. The van der Waals surface area contributed by atoms with Crippen molar-refractivity contribution >= 4 is 23.0 Å². The van der Waals surface area contributed by atoms with Crippen molar-refractivity contribution < 1.29 is 4.92 Å². The fourth-order valence-corrected chi connectivity index (χ4v) is 1.59. The fourth-order valence-electron chi connectivity index (χ4n) is 1.46. The highest BCUT2D eigenvalue weighted by Gasteiger charge is 2.08. The molecular formula is C13H10ClN3O2. The number of hydrogen-bond acceptors (Lipinski definition) is 4. The van der Waals surface area contributed by atoms with E-state index in [1.165, 1.54) is 0 Å². The van der Waals surface area contributed by atoms with Crippen molar-refractivity contribution in [3.05, 3.63) is 75.5 Å². The summed E-state index contributed by atoms with van der Waals surface area (Å²) in [6, 6.07) is 7.00. The zero-order valence-electron chi connectivity index (χ0n) is 9.79. The number of rotatable bonds is 3. The van der Waals surface area contributed by atoms with Gasteiger partial charge in [-0.1, -0.05) is 23.8 Å². The summed E-state index contributed by atoms with van der Waals surface area (Å²) in [5, 5.41) is 15.3. The van der Waals surface area contributed by atoms with Crippen molar-refractivity contribution in [3.8, 4) is 0 Å². The number of allylic oxidation sites excluding steroid dienone is 5. The second kappa shape index (κ2) is 5.97. The molecule has 1 N–H and O–H groups in total. The van der Waals surface area contributed by atoms with Crippen LogP contribution in [-0.2, 0) is 0 Å². The van der Waals surface area contributed by atoms with Crippen LogP contribution in [0.4, 0.5) is 5.69 Å². The van der Waals surface area contributed by atoms with Crippen molar-refractivity contribution in [1.29, 1.82) is 0 Å². The van der Waals surface area contributed by atoms with Crippen LogP contribution in [0.5, 0.6) is 0 Å². The fraction of sp³-hybridized carbons (Fsp3) is 0. The van der Waals surface area contributed by atoms with Crippen LogP contribution in [0.2, 0.25) is 5.02 Å². The second-order valence-corrected chi connectivity index (χ2v) is 4.14. The third-order valence-electron chi connectivity index (χ3n) is 2.33. The Kier molecular flexibility index (Phi) is 4.10. The summed E-state index contributed by atoms with van der Waals surface area (Å²) in [6.45, 7) is 0. The van der Waals surface area contributed by atoms with Crippen molar-refractivity contribution in [2.24, 2.45) is 5.10 Å². The lowest BCUT2D eigenvalue weighted by Crippen LogP contribution is -2.05. The van der Waals surface area contributed by atoms with Crippen molar-refractivity contribution in [2.75, 3.05) is 5.43 Å². The van der Waals surface area contributed by atoms with E-state index >= 15 is 0 Å². The van der Waals surface area contributed by atoms with Gasteiger partial charge in [0.2, 0.25) is 6.20 Å². The van der Waals surface area contributed by atoms with Crippen LogP contribution in [0.15, 0.2) is 65.4 Å². The first-order valence-electron chi connectivity index (χ1n) is 5.45. The molecule has 1 aromatic carbocycles. The predicted molar refractivity (Wildman–Crippen MR) is 75.9 cm³/mol. The van der Waals surface area contributed by atoms with Gasteiger partial charge in [-0.2, -0.15) is 5.10 Å². The highest BCUT2D eigenvalue weighted by Crippen LogP contribution is 2.14. The Bertz CT molecular complexity index is 601. The number of nitrogens with one attached hydrogen (secondary N) is 1. The van der Waals surface area contributed by atoms with Gasteiger partial charge in [-0.05, 0) is 36.4 Å². The van der Waals surface area contributed by atoms with Gasteiger partial charge in [0.05, 0.1) is 21.9 Å². The number of hydrazone groups is 1. The molecule has 0 aromatic heterocycles. The number of nitro groups is 1. The molecule has 0 saturated heterocycles. The lowest BCUT2D eigenvalue weighted by Gasteiger charge is -2.05. The average molecular weight is 276 g/mol. The van der Waals surface area contributed by atoms with E-state index in [0.29, 0.717) is 16.3 Å². The molecule has 0 radical (unpaired) electrons. The lowest BCUT2D eigenvalue weighted by molar-refractivity contribution is -0.402. The van der Waals surface area contributed by atoms with Crippen molar-refractivity contribution in [3.63, 3.8) is 0 Å². The summed E-state index contributed by atoms with van der Waals surface area (Å²) >= 11 is 5.77. The molecule has 19 heavy (non-hydrogen) atoms. The molecule has 6 heteroatoms. The third kappa shape index (κ3) is 3.79. The van der Waals surface area contributed by atoms with Gasteiger partial charge in [0, 0.05) is 5.02 Å². The molecule has 1 aromatic rings. The smallest absolute Gasteiger partial charge is 0.243 e. The Morgan fingerprint density at radius 3 is 2.58 bits per heavy atom. The Morgan fingerprint density at radius 2 is 1.89 bits per heavy atom. The first-order valence-corrected chi connectivity index (χ1v) is 5.82. The van der Waals surface area contributed by atoms with E-state index < -0.39 is 4.92 Å². The van der Waals surface area contributed by atoms with Gasteiger partial charge in [-0.3, -0.25) is 15.5 Å². The summed E-state index contributed by atoms with van der Waals surface area (Å²) in [4.78, 5) is 10.0. The molecule has 0 bridgehead atoms. The van der Waals surface area contributed by atoms with Crippen LogP contribution in [0.25, 0.3) is 0 Å². The minimum Gasteiger partial charge on any atom is -0.278 e. The minimum atomic E-state index is -0.503. The third-order valence-corrected chi connectivity index (χ3v) is 2.58. The first kappa shape index (κ1) is 13.0. The Hall–Kier alpha value is -2.40. The van der Waals surface area contributed by atoms with E-state index in [2.05, 4.69) is 10.5 Å². The standard InChI is InChI=1S/C13H10ClN3O2/c14-11-5-7-12(8-6-11)15-16-13-4-2-1-3-10(13)9-17(18)19/h1-9,15H. The number of hydrogen-bond donors (Lipinski definition) is 1. The summed E-state index contributed by atoms with van der Waals surface area (Å²) in [5.74, 6) is 0. The average Bonchev–Trinajstić information content (AvgIpc) is 2.39. The number of halogens is 1. The van der Waals surface area contributed by atoms with Gasteiger partial charge in [0.15, 0.2) is 0 Å². The van der Waals surface area contributed by atoms with Crippen LogP contribution in [0.1, 0.15) is 0 Å². The molecule has 5 nitrogen and oxygen atoms in total. The van der Waals surface area contributed by atoms with Gasteiger partial charge in [-0.25, -0.2) is 0 Å². The zero-order chi connectivity index (χ0) is 13.7. The van der Waals surface area contributed by atoms with Crippen LogP contribution < -0.4 is 5.43 Å². The molecule has 2 rings (SSSR count). The SMILES string of the molecule is O=[N+]([O-])C=C1C=CC=CC1=NNc1ccc(Cl)cc1. The normalized spacial score (nSPS) is 17.9. The first-order chi connectivity index (χ1) is 9.15. The highest BCUT2D eigenvalue weighted by atomic mass is 35.5. The second-order valence-electron chi connectivity index (χ2n) is 3.70. The Morgan fingerprint density at radius 1 is 1.21 bits per heavy atom. The lowest BCUT2D eigenvalue weighted by atomic mass is 10.1. The minimum absolute atomic E-state index is 0.439. The maximum atomic E-state index is 10.5. The number of anilines is 1. The van der Waals surface area contributed by atoms with E-state index in [-0.39, 0.29) is 0 Å². The molecule has 0 saturated carbocycles. The van der Waals surface area contributed by atoms with E-state index in [0.717, 1.165) is 11.9 Å². The van der Waals surface area contributed by atoms with Crippen LogP contribution >= 0.6 is 11.6 Å². The van der Waals surface area contributed by atoms with E-state index in [1.807, 2.05) is 0 Å². The summed E-state index contributed by atoms with van der Waals surface area (Å²) in [5.41, 5.74) is 4.51. The highest BCUT2D eigenvalue weighted by molar-refractivity contribution is 6.30. The quantitative estimate of drug-likeness (QED) is 0.679. The molecule has 0 heterocycles. The number of benzene rings is 1. The molecule has 0 unspecified atom stereocenters. The van der Waals surface area contributed by atoms with Crippen LogP contribution in [0.3, 0.4) is 0 Å². The molecule has 96 valence electrons. The summed E-state index contributed by atoms with van der Waals surface area (Å²) in [6.07, 6.45) is 7.72. The van der Waals surface area contributed by atoms with Crippen LogP contribution in [0, 0.1) is 10.1 Å². The van der Waals surface area contributed by atoms with E-state index in [4.69, 9.17) is 11.6 Å². The molecule has 0 atom stereocenters. The maximum Gasteiger partial charge on any atom is 0.243 e. The van der Waals surface area contributed by atoms with Gasteiger partial charge >= 0.3 is 0 Å². The van der Waals surface area contributed by atoms with Crippen LogP contribution in [-0.4, -0.2) is 10.6 Å². The molecule has 1 aliphatic carbocycles. The van der Waals surface area contributed by atoms with Gasteiger partial charge < -0.3 is 0 Å². The largest absolute Gasteiger partial charge is 0.278 e. The summed E-state index contributed by atoms with van der Waals surface area (Å²) < 4.78 is 0.